The summed E-state index contributed by atoms with van der Waals surface area (Å²) in [5, 5.41) is 7.72. The Labute approximate surface area is 191 Å². The highest BCUT2D eigenvalue weighted by molar-refractivity contribution is 5.96. The fourth-order valence-corrected chi connectivity index (χ4v) is 3.43. The van der Waals surface area contributed by atoms with Crippen molar-refractivity contribution in [3.8, 4) is 0 Å². The molecule has 0 saturated carbocycles. The summed E-state index contributed by atoms with van der Waals surface area (Å²) in [7, 11) is 0. The third kappa shape index (κ3) is 7.48. The van der Waals surface area contributed by atoms with Crippen LogP contribution in [0, 0.1) is 5.92 Å². The van der Waals surface area contributed by atoms with Crippen molar-refractivity contribution < 1.29 is 19.1 Å². The van der Waals surface area contributed by atoms with E-state index < -0.39 is 5.97 Å². The maximum absolute atomic E-state index is 12.8. The van der Waals surface area contributed by atoms with Crippen LogP contribution in [-0.4, -0.2) is 48.0 Å². The number of rotatable bonds is 8. The second-order valence-corrected chi connectivity index (χ2v) is 8.22. The molecule has 1 amide bonds. The fourth-order valence-electron chi connectivity index (χ4n) is 3.43. The van der Waals surface area contributed by atoms with Gasteiger partial charge in [0.1, 0.15) is 0 Å². The minimum atomic E-state index is -0.428. The van der Waals surface area contributed by atoms with E-state index in [1.165, 1.54) is 0 Å². The van der Waals surface area contributed by atoms with Crippen LogP contribution < -0.4 is 5.32 Å². The summed E-state index contributed by atoms with van der Waals surface area (Å²) in [6, 6.07) is 0. The number of carbonyl (C=O) groups is 2. The Morgan fingerprint density at radius 2 is 2.09 bits per heavy atom. The van der Waals surface area contributed by atoms with E-state index in [1.54, 1.807) is 6.08 Å². The molecule has 0 spiro atoms. The Morgan fingerprint density at radius 1 is 1.34 bits per heavy atom. The lowest BCUT2D eigenvalue weighted by Gasteiger charge is -2.15. The van der Waals surface area contributed by atoms with E-state index in [-0.39, 0.29) is 18.4 Å². The van der Waals surface area contributed by atoms with Gasteiger partial charge in [-0.05, 0) is 45.6 Å². The number of allylic oxidation sites excluding steroid dienone is 3. The average Bonchev–Trinajstić information content (AvgIpc) is 3.11. The fraction of sp³-hybridized carbons (Fsp3) is 0.560. The third-order valence-corrected chi connectivity index (χ3v) is 5.39. The largest absolute Gasteiger partial charge is 0.462 e. The molecule has 7 nitrogen and oxygen atoms in total. The van der Waals surface area contributed by atoms with Gasteiger partial charge in [-0.15, -0.1) is 0 Å². The lowest BCUT2D eigenvalue weighted by molar-refractivity contribution is -0.139. The first kappa shape index (κ1) is 25.6. The molecule has 0 radical (unpaired) electrons. The lowest BCUT2D eigenvalue weighted by atomic mass is 10.1. The molecule has 32 heavy (non-hydrogen) atoms. The van der Waals surface area contributed by atoms with Gasteiger partial charge in [-0.25, -0.2) is 4.79 Å². The van der Waals surface area contributed by atoms with E-state index in [9.17, 15) is 9.59 Å². The summed E-state index contributed by atoms with van der Waals surface area (Å²) in [5.74, 6) is -0.467. The maximum Gasteiger partial charge on any atom is 0.337 e. The van der Waals surface area contributed by atoms with E-state index in [0.29, 0.717) is 50.3 Å². The van der Waals surface area contributed by atoms with Gasteiger partial charge in [0.15, 0.2) is 0 Å². The van der Waals surface area contributed by atoms with Crippen molar-refractivity contribution >= 4 is 11.9 Å². The molecule has 1 aromatic rings. The SMILES string of the molecule is C=C(/C=C\C(C)=C/C)C(=O)OC[C@@H](C)Cn1nc(CC)c2c1CCCOCCCNC2=O. The zero-order valence-electron chi connectivity index (χ0n) is 19.9. The molecule has 0 unspecified atom stereocenters. The quantitative estimate of drug-likeness (QED) is 0.376. The first-order chi connectivity index (χ1) is 15.4. The van der Waals surface area contributed by atoms with Crippen molar-refractivity contribution in [2.45, 2.75) is 59.9 Å². The van der Waals surface area contributed by atoms with Gasteiger partial charge in [-0.3, -0.25) is 9.48 Å². The van der Waals surface area contributed by atoms with Crippen LogP contribution in [-0.2, 0) is 33.7 Å². The molecule has 7 heteroatoms. The molecule has 2 heterocycles. The predicted molar refractivity (Wildman–Crippen MR) is 126 cm³/mol. The molecule has 0 bridgehead atoms. The van der Waals surface area contributed by atoms with Crippen LogP contribution in [0.3, 0.4) is 0 Å². The van der Waals surface area contributed by atoms with E-state index in [2.05, 4.69) is 11.9 Å². The van der Waals surface area contributed by atoms with E-state index in [0.717, 1.165) is 29.8 Å². The highest BCUT2D eigenvalue weighted by Crippen LogP contribution is 2.20. The van der Waals surface area contributed by atoms with Crippen molar-refractivity contribution in [2.75, 3.05) is 26.4 Å². The predicted octanol–water partition coefficient (Wildman–Crippen LogP) is 3.79. The Balaban J connectivity index is 2.08. The molecule has 0 aliphatic carbocycles. The van der Waals surface area contributed by atoms with Gasteiger partial charge in [0.2, 0.25) is 0 Å². The second-order valence-electron chi connectivity index (χ2n) is 8.22. The van der Waals surface area contributed by atoms with Gasteiger partial charge in [-0.1, -0.05) is 38.2 Å². The van der Waals surface area contributed by atoms with Crippen LogP contribution >= 0.6 is 0 Å². The Morgan fingerprint density at radius 3 is 2.81 bits per heavy atom. The third-order valence-electron chi connectivity index (χ3n) is 5.39. The number of aromatic nitrogens is 2. The Hall–Kier alpha value is -2.67. The minimum absolute atomic E-state index is 0.0270. The van der Waals surface area contributed by atoms with Crippen molar-refractivity contribution in [3.63, 3.8) is 0 Å². The summed E-state index contributed by atoms with van der Waals surface area (Å²) in [6.45, 7) is 14.4. The average molecular weight is 444 g/mol. The molecule has 0 fully saturated rings. The lowest BCUT2D eigenvalue weighted by Crippen LogP contribution is -2.27. The standard InChI is InChI=1S/C25H37N3O4/c1-6-18(3)11-12-20(5)25(30)32-17-19(4)16-28-22-10-8-14-31-15-9-13-26-24(29)23(22)21(7-2)27-28/h6,11-12,19H,5,7-10,13-17H2,1-4H3,(H,26,29)/b12-11-,18-6-/t19-/m0/s1. The number of carbonyl (C=O) groups excluding carboxylic acids is 2. The Bertz CT molecular complexity index is 867. The van der Waals surface area contributed by atoms with Gasteiger partial charge in [0.05, 0.1) is 29.1 Å². The molecule has 1 aliphatic heterocycles. The number of nitrogens with zero attached hydrogens (tertiary/aromatic N) is 2. The molecule has 2 rings (SSSR count). The molecule has 176 valence electrons. The summed E-state index contributed by atoms with van der Waals surface area (Å²) in [5.41, 5.74) is 3.79. The number of esters is 1. The van der Waals surface area contributed by atoms with Crippen molar-refractivity contribution in [1.82, 2.24) is 15.1 Å². The maximum atomic E-state index is 12.8. The minimum Gasteiger partial charge on any atom is -0.462 e. The molecular weight excluding hydrogens is 406 g/mol. The van der Waals surface area contributed by atoms with Crippen LogP contribution in [0.25, 0.3) is 0 Å². The van der Waals surface area contributed by atoms with Crippen LogP contribution in [0.15, 0.2) is 36.0 Å². The molecule has 0 saturated heterocycles. The van der Waals surface area contributed by atoms with Gasteiger partial charge in [0, 0.05) is 32.2 Å². The summed E-state index contributed by atoms with van der Waals surface area (Å²) in [4.78, 5) is 25.1. The van der Waals surface area contributed by atoms with Crippen LogP contribution in [0.1, 0.15) is 62.3 Å². The summed E-state index contributed by atoms with van der Waals surface area (Å²) >= 11 is 0. The topological polar surface area (TPSA) is 82.5 Å². The second kappa shape index (κ2) is 13.0. The number of amides is 1. The molecule has 1 N–H and O–H groups in total. The highest BCUT2D eigenvalue weighted by Gasteiger charge is 2.24. The highest BCUT2D eigenvalue weighted by atomic mass is 16.5. The number of fused-ring (bicyclic) bond motifs is 1. The normalized spacial score (nSPS) is 16.8. The first-order valence-corrected chi connectivity index (χ1v) is 11.5. The monoisotopic (exact) mass is 443 g/mol. The van der Waals surface area contributed by atoms with Gasteiger partial charge < -0.3 is 14.8 Å². The molecule has 1 aliphatic rings. The van der Waals surface area contributed by atoms with E-state index in [1.807, 2.05) is 44.5 Å². The summed E-state index contributed by atoms with van der Waals surface area (Å²) in [6.07, 6.45) is 8.48. The van der Waals surface area contributed by atoms with E-state index >= 15 is 0 Å². The zero-order valence-corrected chi connectivity index (χ0v) is 19.9. The Kier molecular flexibility index (Phi) is 10.4. The van der Waals surface area contributed by atoms with Crippen molar-refractivity contribution in [3.05, 3.63) is 52.9 Å². The van der Waals surface area contributed by atoms with Gasteiger partial charge >= 0.3 is 5.97 Å². The molecular formula is C25H37N3O4. The van der Waals surface area contributed by atoms with Gasteiger partial charge in [-0.2, -0.15) is 5.10 Å². The smallest absolute Gasteiger partial charge is 0.337 e. The van der Waals surface area contributed by atoms with Crippen molar-refractivity contribution in [2.24, 2.45) is 5.92 Å². The number of hydrogen-bond donors (Lipinski definition) is 1. The number of aryl methyl sites for hydroxylation is 1. The molecule has 1 aromatic heterocycles. The van der Waals surface area contributed by atoms with Gasteiger partial charge in [0.25, 0.3) is 5.91 Å². The zero-order chi connectivity index (χ0) is 23.5. The molecule has 1 atom stereocenters. The van der Waals surface area contributed by atoms with Crippen LogP contribution in [0.2, 0.25) is 0 Å². The number of nitrogens with one attached hydrogen (secondary N) is 1. The van der Waals surface area contributed by atoms with Crippen molar-refractivity contribution in [1.29, 1.82) is 0 Å². The summed E-state index contributed by atoms with van der Waals surface area (Å²) < 4.78 is 13.0. The van der Waals surface area contributed by atoms with Crippen LogP contribution in [0.5, 0.6) is 0 Å². The van der Waals surface area contributed by atoms with Crippen LogP contribution in [0.4, 0.5) is 0 Å². The number of hydrogen-bond acceptors (Lipinski definition) is 5. The molecule has 0 aromatic carbocycles. The first-order valence-electron chi connectivity index (χ1n) is 11.5. The number of ether oxygens (including phenoxy) is 2. The van der Waals surface area contributed by atoms with E-state index in [4.69, 9.17) is 14.6 Å².